The number of benzene rings is 7. The van der Waals surface area contributed by atoms with E-state index in [9.17, 15) is 0 Å². The van der Waals surface area contributed by atoms with Gasteiger partial charge in [0.2, 0.25) is 0 Å². The van der Waals surface area contributed by atoms with Gasteiger partial charge in [-0.25, -0.2) is 19.9 Å². The smallest absolute Gasteiger partial charge is 0.165 e. The van der Waals surface area contributed by atoms with E-state index in [2.05, 4.69) is 115 Å². The molecule has 0 unspecified atom stereocenters. The Balaban J connectivity index is 1.31. The highest BCUT2D eigenvalue weighted by atomic mass is 35.5. The van der Waals surface area contributed by atoms with Crippen LogP contribution in [0.5, 0.6) is 0 Å². The van der Waals surface area contributed by atoms with Crippen molar-refractivity contribution in [3.05, 3.63) is 175 Å². The van der Waals surface area contributed by atoms with Crippen molar-refractivity contribution in [1.82, 2.24) is 24.5 Å². The summed E-state index contributed by atoms with van der Waals surface area (Å²) in [5.74, 6) is 2.57. The third-order valence-electron chi connectivity index (χ3n) is 9.24. The number of aromatic nitrogens is 5. The van der Waals surface area contributed by atoms with E-state index in [4.69, 9.17) is 31.5 Å². The van der Waals surface area contributed by atoms with Crippen molar-refractivity contribution in [2.45, 2.75) is 6.92 Å². The molecule has 0 amide bonds. The average Bonchev–Trinajstić information content (AvgIpc) is 3.53. The quantitative estimate of drug-likeness (QED) is 0.176. The number of para-hydroxylation sites is 3. The van der Waals surface area contributed by atoms with Gasteiger partial charge in [-0.2, -0.15) is 0 Å². The van der Waals surface area contributed by atoms with Crippen molar-refractivity contribution in [1.29, 1.82) is 0 Å². The molecule has 0 aliphatic rings. The molecule has 0 radical (unpaired) electrons. The Morgan fingerprint density at radius 1 is 0.431 bits per heavy atom. The molecule has 0 aliphatic carbocycles. The van der Waals surface area contributed by atoms with Crippen molar-refractivity contribution in [3.8, 4) is 62.1 Å². The summed E-state index contributed by atoms with van der Waals surface area (Å²) in [7, 11) is 0. The first-order valence-corrected chi connectivity index (χ1v) is 17.2. The first-order chi connectivity index (χ1) is 25.1. The van der Waals surface area contributed by atoms with Gasteiger partial charge in [-0.1, -0.05) is 121 Å². The van der Waals surface area contributed by atoms with Gasteiger partial charge in [0, 0.05) is 22.3 Å². The largest absolute Gasteiger partial charge is 0.296 e. The Morgan fingerprint density at radius 3 is 1.90 bits per heavy atom. The van der Waals surface area contributed by atoms with E-state index in [-0.39, 0.29) is 0 Å². The third kappa shape index (κ3) is 5.74. The molecule has 6 heteroatoms. The Bertz CT molecular complexity index is 2730. The Labute approximate surface area is 300 Å². The van der Waals surface area contributed by atoms with Crippen molar-refractivity contribution >= 4 is 33.4 Å². The van der Waals surface area contributed by atoms with Crippen molar-refractivity contribution in [2.75, 3.05) is 0 Å². The summed E-state index contributed by atoms with van der Waals surface area (Å²) >= 11 is 6.73. The summed E-state index contributed by atoms with van der Waals surface area (Å²) in [5.41, 5.74) is 9.82. The number of halogens is 1. The Kier molecular flexibility index (Phi) is 7.68. The molecule has 0 saturated carbocycles. The van der Waals surface area contributed by atoms with E-state index in [1.54, 1.807) is 0 Å². The molecule has 9 aromatic rings. The maximum absolute atomic E-state index is 6.73. The third-order valence-corrected chi connectivity index (χ3v) is 9.57. The zero-order chi connectivity index (χ0) is 34.3. The molecule has 2 aromatic heterocycles. The predicted octanol–water partition coefficient (Wildman–Crippen LogP) is 11.7. The number of hydrogen-bond acceptors (Lipinski definition) is 4. The SMILES string of the molecule is Cc1nc2ccccc2n1-c1ccccc1-c1cc(-c2ccc3ccccc3c2)cc(-c2nc(-c3ccccc3)nc(-c3ccccc3Cl)n2)c1. The summed E-state index contributed by atoms with van der Waals surface area (Å²) < 4.78 is 2.24. The Hall–Kier alpha value is -6.43. The minimum Gasteiger partial charge on any atom is -0.296 e. The lowest BCUT2D eigenvalue weighted by Crippen LogP contribution is -2.02. The van der Waals surface area contributed by atoms with Gasteiger partial charge in [0.25, 0.3) is 0 Å². The summed E-state index contributed by atoms with van der Waals surface area (Å²) in [4.78, 5) is 20.0. The van der Waals surface area contributed by atoms with E-state index < -0.39 is 0 Å². The lowest BCUT2D eigenvalue weighted by Gasteiger charge is -2.16. The van der Waals surface area contributed by atoms with Gasteiger partial charge in [-0.05, 0) is 89.0 Å². The second-order valence-electron chi connectivity index (χ2n) is 12.5. The van der Waals surface area contributed by atoms with Crippen LogP contribution in [0, 0.1) is 6.92 Å². The normalized spacial score (nSPS) is 11.3. The second kappa shape index (κ2) is 12.8. The highest BCUT2D eigenvalue weighted by Crippen LogP contribution is 2.38. The van der Waals surface area contributed by atoms with Gasteiger partial charge in [-0.3, -0.25) is 4.57 Å². The van der Waals surface area contributed by atoms with Crippen LogP contribution in [0.1, 0.15) is 5.82 Å². The summed E-state index contributed by atoms with van der Waals surface area (Å²) in [6.45, 7) is 2.06. The molecular weight excluding hydrogens is 646 g/mol. The monoisotopic (exact) mass is 675 g/mol. The number of aryl methyl sites for hydroxylation is 1. The average molecular weight is 676 g/mol. The second-order valence-corrected chi connectivity index (χ2v) is 12.9. The minimum absolute atomic E-state index is 0.517. The van der Waals surface area contributed by atoms with Crippen LogP contribution in [-0.2, 0) is 0 Å². The van der Waals surface area contributed by atoms with Crippen LogP contribution in [0.15, 0.2) is 164 Å². The number of nitrogens with zero attached hydrogens (tertiary/aromatic N) is 5. The zero-order valence-electron chi connectivity index (χ0n) is 27.7. The van der Waals surface area contributed by atoms with Crippen LogP contribution in [0.25, 0.3) is 83.9 Å². The van der Waals surface area contributed by atoms with Gasteiger partial charge >= 0.3 is 0 Å². The van der Waals surface area contributed by atoms with Gasteiger partial charge in [0.1, 0.15) is 5.82 Å². The highest BCUT2D eigenvalue weighted by molar-refractivity contribution is 6.33. The van der Waals surface area contributed by atoms with E-state index in [1.165, 1.54) is 10.8 Å². The van der Waals surface area contributed by atoms with Gasteiger partial charge in [0.05, 0.1) is 21.7 Å². The molecule has 0 saturated heterocycles. The zero-order valence-corrected chi connectivity index (χ0v) is 28.5. The molecule has 5 nitrogen and oxygen atoms in total. The van der Waals surface area contributed by atoms with Crippen molar-refractivity contribution in [2.24, 2.45) is 0 Å². The lowest BCUT2D eigenvalue weighted by atomic mass is 9.93. The van der Waals surface area contributed by atoms with E-state index in [1.807, 2.05) is 60.7 Å². The number of fused-ring (bicyclic) bond motifs is 2. The molecular formula is C45H30ClN5. The molecule has 0 bridgehead atoms. The molecule has 7 aromatic carbocycles. The molecule has 2 heterocycles. The molecule has 242 valence electrons. The fraction of sp³-hybridized carbons (Fsp3) is 0.0222. The fourth-order valence-electron chi connectivity index (χ4n) is 6.80. The van der Waals surface area contributed by atoms with Crippen LogP contribution < -0.4 is 0 Å². The standard InChI is InChI=1S/C45H30ClN5/c1-29-47-40-20-10-12-22-42(40)51(29)41-21-11-8-17-37(41)35-26-34(33-24-23-30-13-5-6-16-32(30)25-33)27-36(28-35)44-48-43(31-14-3-2-4-15-31)49-45(50-44)38-18-7-9-19-39(38)46/h2-28H,1H3. The van der Waals surface area contributed by atoms with Gasteiger partial charge in [0.15, 0.2) is 17.5 Å². The van der Waals surface area contributed by atoms with Gasteiger partial charge < -0.3 is 0 Å². The van der Waals surface area contributed by atoms with Crippen molar-refractivity contribution in [3.63, 3.8) is 0 Å². The molecule has 0 fully saturated rings. The fourth-order valence-corrected chi connectivity index (χ4v) is 7.02. The van der Waals surface area contributed by atoms with E-state index >= 15 is 0 Å². The van der Waals surface area contributed by atoms with Crippen LogP contribution in [0.2, 0.25) is 5.02 Å². The highest BCUT2D eigenvalue weighted by Gasteiger charge is 2.18. The number of imidazole rings is 1. The Morgan fingerprint density at radius 2 is 1.06 bits per heavy atom. The molecule has 0 spiro atoms. The summed E-state index contributed by atoms with van der Waals surface area (Å²) in [6, 6.07) is 56.1. The van der Waals surface area contributed by atoms with Crippen LogP contribution in [0.4, 0.5) is 0 Å². The van der Waals surface area contributed by atoms with E-state index in [0.29, 0.717) is 22.5 Å². The number of hydrogen-bond donors (Lipinski definition) is 0. The lowest BCUT2D eigenvalue weighted by molar-refractivity contribution is 1.00. The molecule has 51 heavy (non-hydrogen) atoms. The predicted molar refractivity (Wildman–Crippen MR) is 209 cm³/mol. The number of rotatable bonds is 6. The van der Waals surface area contributed by atoms with Crippen molar-refractivity contribution < 1.29 is 0 Å². The van der Waals surface area contributed by atoms with Crippen LogP contribution in [-0.4, -0.2) is 24.5 Å². The maximum atomic E-state index is 6.73. The summed E-state index contributed by atoms with van der Waals surface area (Å²) in [6.07, 6.45) is 0. The first-order valence-electron chi connectivity index (χ1n) is 16.8. The maximum Gasteiger partial charge on any atom is 0.165 e. The van der Waals surface area contributed by atoms with E-state index in [0.717, 1.165) is 61.5 Å². The molecule has 0 aliphatic heterocycles. The first kappa shape index (κ1) is 30.6. The molecule has 9 rings (SSSR count). The topological polar surface area (TPSA) is 56.5 Å². The molecule has 0 atom stereocenters. The molecule has 0 N–H and O–H groups in total. The van der Waals surface area contributed by atoms with Crippen LogP contribution in [0.3, 0.4) is 0 Å². The minimum atomic E-state index is 0.517. The van der Waals surface area contributed by atoms with Crippen LogP contribution >= 0.6 is 11.6 Å². The van der Waals surface area contributed by atoms with Gasteiger partial charge in [-0.15, -0.1) is 0 Å². The summed E-state index contributed by atoms with van der Waals surface area (Å²) in [5, 5.41) is 2.95.